The molecule has 1 saturated carbocycles. The van der Waals surface area contributed by atoms with Crippen molar-refractivity contribution in [1.82, 2.24) is 5.32 Å². The number of nitrogens with one attached hydrogen (secondary N) is 1. The molecule has 0 atom stereocenters. The Hall–Kier alpha value is -0.580. The largest absolute Gasteiger partial charge is 0.497 e. The fourth-order valence-electron chi connectivity index (χ4n) is 1.72. The fourth-order valence-corrected chi connectivity index (χ4v) is 2.10. The first-order valence-corrected chi connectivity index (χ1v) is 7.20. The van der Waals surface area contributed by atoms with Crippen LogP contribution in [0.1, 0.15) is 18.4 Å². The summed E-state index contributed by atoms with van der Waals surface area (Å²) in [7, 11) is 1.69. The molecule has 0 spiro atoms. The monoisotopic (exact) mass is 313 g/mol. The lowest BCUT2D eigenvalue weighted by molar-refractivity contribution is 0.126. The van der Waals surface area contributed by atoms with Crippen molar-refractivity contribution in [3.63, 3.8) is 0 Å². The Morgan fingerprint density at radius 2 is 2.22 bits per heavy atom. The van der Waals surface area contributed by atoms with Crippen molar-refractivity contribution >= 4 is 15.9 Å². The number of hydrogen-bond acceptors (Lipinski definition) is 3. The molecule has 1 aliphatic rings. The van der Waals surface area contributed by atoms with Crippen molar-refractivity contribution in [3.8, 4) is 5.75 Å². The zero-order valence-corrected chi connectivity index (χ0v) is 12.3. The maximum Gasteiger partial charge on any atom is 0.119 e. The maximum atomic E-state index is 5.57. The minimum Gasteiger partial charge on any atom is -0.497 e. The lowest BCUT2D eigenvalue weighted by Gasteiger charge is -2.09. The van der Waals surface area contributed by atoms with Crippen molar-refractivity contribution in [2.75, 3.05) is 26.9 Å². The van der Waals surface area contributed by atoms with Gasteiger partial charge >= 0.3 is 0 Å². The van der Waals surface area contributed by atoms with Gasteiger partial charge in [-0.1, -0.05) is 15.9 Å². The van der Waals surface area contributed by atoms with Gasteiger partial charge in [-0.05, 0) is 42.5 Å². The second-order valence-electron chi connectivity index (χ2n) is 4.65. The minimum absolute atomic E-state index is 0.790. The van der Waals surface area contributed by atoms with Gasteiger partial charge in [0.05, 0.1) is 13.7 Å². The van der Waals surface area contributed by atoms with Gasteiger partial charge in [-0.3, -0.25) is 0 Å². The molecule has 0 aromatic heterocycles. The highest BCUT2D eigenvalue weighted by Gasteiger charge is 2.20. The van der Waals surface area contributed by atoms with E-state index in [1.165, 1.54) is 18.4 Å². The van der Waals surface area contributed by atoms with E-state index < -0.39 is 0 Å². The summed E-state index contributed by atoms with van der Waals surface area (Å²) in [6.45, 7) is 3.43. The number of hydrogen-bond donors (Lipinski definition) is 1. The summed E-state index contributed by atoms with van der Waals surface area (Å²) < 4.78 is 11.9. The highest BCUT2D eigenvalue weighted by atomic mass is 79.9. The SMILES string of the molecule is COc1ccc(Br)c(CNCCOCC2CC2)c1. The normalized spacial score (nSPS) is 14.8. The second-order valence-corrected chi connectivity index (χ2v) is 5.51. The lowest BCUT2D eigenvalue weighted by atomic mass is 10.2. The summed E-state index contributed by atoms with van der Waals surface area (Å²) in [4.78, 5) is 0. The quantitative estimate of drug-likeness (QED) is 0.748. The number of benzene rings is 1. The van der Waals surface area contributed by atoms with Gasteiger partial charge in [-0.25, -0.2) is 0 Å². The molecule has 18 heavy (non-hydrogen) atoms. The molecule has 0 amide bonds. The molecule has 0 unspecified atom stereocenters. The lowest BCUT2D eigenvalue weighted by Crippen LogP contribution is -2.20. The van der Waals surface area contributed by atoms with Crippen molar-refractivity contribution < 1.29 is 9.47 Å². The Bertz CT molecular complexity index is 380. The molecule has 1 N–H and O–H groups in total. The summed E-state index contributed by atoms with van der Waals surface area (Å²) in [6, 6.07) is 6.01. The van der Waals surface area contributed by atoms with Crippen LogP contribution in [0.4, 0.5) is 0 Å². The summed E-state index contributed by atoms with van der Waals surface area (Å²) in [5.74, 6) is 1.73. The van der Waals surface area contributed by atoms with Crippen molar-refractivity contribution in [2.45, 2.75) is 19.4 Å². The Morgan fingerprint density at radius 3 is 2.94 bits per heavy atom. The molecule has 100 valence electrons. The molecular weight excluding hydrogens is 294 g/mol. The molecule has 1 fully saturated rings. The Labute approximate surface area is 117 Å². The average molecular weight is 314 g/mol. The number of halogens is 1. The van der Waals surface area contributed by atoms with Crippen LogP contribution in [0.2, 0.25) is 0 Å². The maximum absolute atomic E-state index is 5.57. The average Bonchev–Trinajstić information content (AvgIpc) is 3.19. The van der Waals surface area contributed by atoms with Gasteiger partial charge < -0.3 is 14.8 Å². The van der Waals surface area contributed by atoms with Crippen LogP contribution in [0, 0.1) is 5.92 Å². The highest BCUT2D eigenvalue weighted by molar-refractivity contribution is 9.10. The van der Waals surface area contributed by atoms with E-state index in [4.69, 9.17) is 9.47 Å². The number of methoxy groups -OCH3 is 1. The van der Waals surface area contributed by atoms with E-state index in [1.807, 2.05) is 18.2 Å². The van der Waals surface area contributed by atoms with Crippen molar-refractivity contribution in [2.24, 2.45) is 5.92 Å². The van der Waals surface area contributed by atoms with Gasteiger partial charge in [0.15, 0.2) is 0 Å². The molecule has 1 aromatic rings. The molecule has 4 heteroatoms. The third-order valence-corrected chi connectivity index (χ3v) is 3.82. The van der Waals surface area contributed by atoms with Gasteiger partial charge in [0.2, 0.25) is 0 Å². The topological polar surface area (TPSA) is 30.5 Å². The second kappa shape index (κ2) is 7.12. The Morgan fingerprint density at radius 1 is 1.39 bits per heavy atom. The minimum atomic E-state index is 0.790. The van der Waals surface area contributed by atoms with Gasteiger partial charge in [0.1, 0.15) is 5.75 Å². The fraction of sp³-hybridized carbons (Fsp3) is 0.571. The zero-order valence-electron chi connectivity index (χ0n) is 10.7. The molecule has 0 saturated heterocycles. The van der Waals surface area contributed by atoms with Gasteiger partial charge in [0, 0.05) is 24.2 Å². The van der Waals surface area contributed by atoms with E-state index >= 15 is 0 Å². The van der Waals surface area contributed by atoms with Crippen LogP contribution >= 0.6 is 15.9 Å². The summed E-state index contributed by atoms with van der Waals surface area (Å²) in [6.07, 6.45) is 2.70. The first kappa shape index (κ1) is 13.8. The highest BCUT2D eigenvalue weighted by Crippen LogP contribution is 2.28. The first-order valence-electron chi connectivity index (χ1n) is 6.40. The molecule has 0 radical (unpaired) electrons. The van der Waals surface area contributed by atoms with E-state index in [1.54, 1.807) is 7.11 Å². The van der Waals surface area contributed by atoms with E-state index in [9.17, 15) is 0 Å². The van der Waals surface area contributed by atoms with Gasteiger partial charge in [0.25, 0.3) is 0 Å². The summed E-state index contributed by atoms with van der Waals surface area (Å²) in [5, 5.41) is 3.38. The molecular formula is C14H20BrNO2. The van der Waals surface area contributed by atoms with Crippen LogP contribution in [0.3, 0.4) is 0 Å². The summed E-state index contributed by atoms with van der Waals surface area (Å²) in [5.41, 5.74) is 1.21. The Balaban J connectivity index is 1.65. The van der Waals surface area contributed by atoms with Gasteiger partial charge in [-0.2, -0.15) is 0 Å². The van der Waals surface area contributed by atoms with E-state index in [0.717, 1.165) is 42.4 Å². The molecule has 0 bridgehead atoms. The first-order chi connectivity index (χ1) is 8.79. The smallest absolute Gasteiger partial charge is 0.119 e. The molecule has 1 aliphatic carbocycles. The van der Waals surface area contributed by atoms with Gasteiger partial charge in [-0.15, -0.1) is 0 Å². The third-order valence-electron chi connectivity index (χ3n) is 3.04. The van der Waals surface area contributed by atoms with Crippen molar-refractivity contribution in [3.05, 3.63) is 28.2 Å². The van der Waals surface area contributed by atoms with Crippen LogP contribution in [-0.4, -0.2) is 26.9 Å². The molecule has 2 rings (SSSR count). The van der Waals surface area contributed by atoms with Crippen LogP contribution < -0.4 is 10.1 Å². The predicted octanol–water partition coefficient (Wildman–Crippen LogP) is 2.97. The molecule has 3 nitrogen and oxygen atoms in total. The van der Waals surface area contributed by atoms with E-state index in [0.29, 0.717) is 0 Å². The van der Waals surface area contributed by atoms with Crippen LogP contribution in [0.5, 0.6) is 5.75 Å². The summed E-state index contributed by atoms with van der Waals surface area (Å²) >= 11 is 3.54. The predicted molar refractivity (Wildman–Crippen MR) is 75.9 cm³/mol. The number of rotatable bonds is 8. The number of ether oxygens (including phenoxy) is 2. The van der Waals surface area contributed by atoms with E-state index in [-0.39, 0.29) is 0 Å². The zero-order chi connectivity index (χ0) is 12.8. The standard InChI is InChI=1S/C14H20BrNO2/c1-17-13-4-5-14(15)12(8-13)9-16-6-7-18-10-11-2-3-11/h4-5,8,11,16H,2-3,6-7,9-10H2,1H3. The van der Waals surface area contributed by atoms with Crippen molar-refractivity contribution in [1.29, 1.82) is 0 Å². The third kappa shape index (κ3) is 4.59. The van der Waals surface area contributed by atoms with Crippen LogP contribution in [0.15, 0.2) is 22.7 Å². The molecule has 0 aliphatic heterocycles. The van der Waals surface area contributed by atoms with Crippen LogP contribution in [-0.2, 0) is 11.3 Å². The molecule has 1 aromatic carbocycles. The molecule has 0 heterocycles. The van der Waals surface area contributed by atoms with Crippen LogP contribution in [0.25, 0.3) is 0 Å². The Kier molecular flexibility index (Phi) is 5.47. The van der Waals surface area contributed by atoms with E-state index in [2.05, 4.69) is 21.2 Å².